The molecule has 3 rings (SSSR count). The third-order valence-corrected chi connectivity index (χ3v) is 3.50. The first-order chi connectivity index (χ1) is 9.38. The van der Waals surface area contributed by atoms with E-state index >= 15 is 0 Å². The van der Waals surface area contributed by atoms with E-state index in [1.807, 2.05) is 16.7 Å². The van der Waals surface area contributed by atoms with Gasteiger partial charge in [0, 0.05) is 12.2 Å². The summed E-state index contributed by atoms with van der Waals surface area (Å²) in [4.78, 5) is 8.93. The standard InChI is InChI=1S/C13H19N5O/c19-9-8-18-12-11(2-1-5-15-12)17-13(18)16-10-3-6-14-7-4-10/h1-2,5,10,14,19H,3-4,6-9H2,(H,16,17). The number of anilines is 1. The van der Waals surface area contributed by atoms with Crippen LogP contribution in [0.2, 0.25) is 0 Å². The highest BCUT2D eigenvalue weighted by Crippen LogP contribution is 2.19. The molecule has 1 aliphatic rings. The molecule has 102 valence electrons. The van der Waals surface area contributed by atoms with Gasteiger partial charge < -0.3 is 15.7 Å². The number of nitrogens with zero attached hydrogens (tertiary/aromatic N) is 3. The Bertz CT molecular complexity index is 547. The number of piperidine rings is 1. The van der Waals surface area contributed by atoms with Crippen molar-refractivity contribution in [2.45, 2.75) is 25.4 Å². The lowest BCUT2D eigenvalue weighted by Crippen LogP contribution is -2.36. The first-order valence-electron chi connectivity index (χ1n) is 6.78. The fourth-order valence-electron chi connectivity index (χ4n) is 2.53. The predicted octanol–water partition coefficient (Wildman–Crippen LogP) is 0.587. The van der Waals surface area contributed by atoms with Gasteiger partial charge in [-0.2, -0.15) is 0 Å². The van der Waals surface area contributed by atoms with Gasteiger partial charge in [0.1, 0.15) is 5.52 Å². The molecule has 1 aliphatic heterocycles. The fourth-order valence-corrected chi connectivity index (χ4v) is 2.53. The van der Waals surface area contributed by atoms with Gasteiger partial charge in [-0.1, -0.05) is 0 Å². The van der Waals surface area contributed by atoms with Crippen molar-refractivity contribution in [3.63, 3.8) is 0 Å². The highest BCUT2D eigenvalue weighted by molar-refractivity contribution is 5.74. The monoisotopic (exact) mass is 261 g/mol. The Morgan fingerprint density at radius 2 is 2.26 bits per heavy atom. The fraction of sp³-hybridized carbons (Fsp3) is 0.538. The predicted molar refractivity (Wildman–Crippen MR) is 74.1 cm³/mol. The topological polar surface area (TPSA) is 75.0 Å². The zero-order valence-corrected chi connectivity index (χ0v) is 10.8. The number of aliphatic hydroxyl groups is 1. The molecule has 19 heavy (non-hydrogen) atoms. The minimum atomic E-state index is 0.0862. The van der Waals surface area contributed by atoms with Crippen molar-refractivity contribution in [2.24, 2.45) is 0 Å². The molecule has 0 saturated carbocycles. The van der Waals surface area contributed by atoms with E-state index in [1.165, 1.54) is 0 Å². The first kappa shape index (κ1) is 12.4. The molecule has 6 nitrogen and oxygen atoms in total. The van der Waals surface area contributed by atoms with E-state index in [0.717, 1.165) is 43.0 Å². The largest absolute Gasteiger partial charge is 0.395 e. The molecule has 2 aromatic rings. The van der Waals surface area contributed by atoms with Crippen LogP contribution in [0.3, 0.4) is 0 Å². The molecule has 3 heterocycles. The van der Waals surface area contributed by atoms with Crippen molar-refractivity contribution < 1.29 is 5.11 Å². The molecule has 2 aromatic heterocycles. The number of aliphatic hydroxyl groups excluding tert-OH is 1. The van der Waals surface area contributed by atoms with Crippen LogP contribution in [0.25, 0.3) is 11.2 Å². The van der Waals surface area contributed by atoms with E-state index in [4.69, 9.17) is 0 Å². The van der Waals surface area contributed by atoms with Crippen LogP contribution in [-0.2, 0) is 6.54 Å². The van der Waals surface area contributed by atoms with E-state index in [2.05, 4.69) is 20.6 Å². The second-order valence-corrected chi connectivity index (χ2v) is 4.83. The summed E-state index contributed by atoms with van der Waals surface area (Å²) in [5.41, 5.74) is 1.69. The minimum Gasteiger partial charge on any atom is -0.395 e. The number of rotatable bonds is 4. The van der Waals surface area contributed by atoms with E-state index < -0.39 is 0 Å². The van der Waals surface area contributed by atoms with Crippen LogP contribution in [-0.4, -0.2) is 45.4 Å². The van der Waals surface area contributed by atoms with Gasteiger partial charge in [0.2, 0.25) is 5.95 Å². The number of nitrogens with one attached hydrogen (secondary N) is 2. The lowest BCUT2D eigenvalue weighted by molar-refractivity contribution is 0.278. The first-order valence-corrected chi connectivity index (χ1v) is 6.78. The quantitative estimate of drug-likeness (QED) is 0.751. The third-order valence-electron chi connectivity index (χ3n) is 3.50. The molecule has 1 fully saturated rings. The average Bonchev–Trinajstić information content (AvgIpc) is 2.79. The van der Waals surface area contributed by atoms with Gasteiger partial charge in [-0.05, 0) is 38.1 Å². The third kappa shape index (κ3) is 2.54. The summed E-state index contributed by atoms with van der Waals surface area (Å²) < 4.78 is 1.96. The molecule has 0 spiro atoms. The molecule has 0 radical (unpaired) electrons. The van der Waals surface area contributed by atoms with E-state index in [9.17, 15) is 5.11 Å². The number of hydrogen-bond acceptors (Lipinski definition) is 5. The Balaban J connectivity index is 1.90. The summed E-state index contributed by atoms with van der Waals surface area (Å²) in [7, 11) is 0. The molecule has 0 bridgehead atoms. The molecule has 6 heteroatoms. The lowest BCUT2D eigenvalue weighted by atomic mass is 10.1. The lowest BCUT2D eigenvalue weighted by Gasteiger charge is -2.24. The maximum atomic E-state index is 9.21. The summed E-state index contributed by atoms with van der Waals surface area (Å²) in [6.45, 7) is 2.68. The molecule has 0 atom stereocenters. The highest BCUT2D eigenvalue weighted by atomic mass is 16.3. The highest BCUT2D eigenvalue weighted by Gasteiger charge is 2.17. The van der Waals surface area contributed by atoms with Gasteiger partial charge in [0.25, 0.3) is 0 Å². The minimum absolute atomic E-state index is 0.0862. The van der Waals surface area contributed by atoms with Gasteiger partial charge >= 0.3 is 0 Å². The molecule has 0 aliphatic carbocycles. The molecule has 1 saturated heterocycles. The van der Waals surface area contributed by atoms with Crippen molar-refractivity contribution in [1.29, 1.82) is 0 Å². The Morgan fingerprint density at radius 3 is 3.05 bits per heavy atom. The molecule has 3 N–H and O–H groups in total. The molecular formula is C13H19N5O. The van der Waals surface area contributed by atoms with Gasteiger partial charge in [-0.15, -0.1) is 0 Å². The SMILES string of the molecule is OCCn1c(NC2CCNCC2)nc2cccnc21. The Morgan fingerprint density at radius 1 is 1.42 bits per heavy atom. The Labute approximate surface area is 111 Å². The second-order valence-electron chi connectivity index (χ2n) is 4.83. The summed E-state index contributed by atoms with van der Waals surface area (Å²) in [5.74, 6) is 0.814. The van der Waals surface area contributed by atoms with Crippen LogP contribution in [0, 0.1) is 0 Å². The number of aromatic nitrogens is 3. The van der Waals surface area contributed by atoms with Crippen LogP contribution in [0.5, 0.6) is 0 Å². The van der Waals surface area contributed by atoms with Crippen molar-refractivity contribution >= 4 is 17.1 Å². The average molecular weight is 261 g/mol. The van der Waals surface area contributed by atoms with Crippen molar-refractivity contribution in [3.8, 4) is 0 Å². The van der Waals surface area contributed by atoms with Crippen molar-refractivity contribution in [1.82, 2.24) is 19.9 Å². The van der Waals surface area contributed by atoms with Crippen LogP contribution in [0.4, 0.5) is 5.95 Å². The number of pyridine rings is 1. The second kappa shape index (κ2) is 5.54. The van der Waals surface area contributed by atoms with Gasteiger partial charge in [-0.3, -0.25) is 4.57 Å². The summed E-state index contributed by atoms with van der Waals surface area (Å²) in [6, 6.07) is 4.27. The number of fused-ring (bicyclic) bond motifs is 1. The van der Waals surface area contributed by atoms with Gasteiger partial charge in [0.15, 0.2) is 5.65 Å². The summed E-state index contributed by atoms with van der Waals surface area (Å²) in [5, 5.41) is 16.0. The van der Waals surface area contributed by atoms with E-state index in [-0.39, 0.29) is 6.61 Å². The van der Waals surface area contributed by atoms with Gasteiger partial charge in [0.05, 0.1) is 13.2 Å². The zero-order chi connectivity index (χ0) is 13.1. The number of hydrogen-bond donors (Lipinski definition) is 3. The Hall–Kier alpha value is -1.66. The van der Waals surface area contributed by atoms with E-state index in [0.29, 0.717) is 12.6 Å². The summed E-state index contributed by atoms with van der Waals surface area (Å²) >= 11 is 0. The maximum Gasteiger partial charge on any atom is 0.205 e. The number of imidazole rings is 1. The van der Waals surface area contributed by atoms with Crippen LogP contribution in [0.15, 0.2) is 18.3 Å². The van der Waals surface area contributed by atoms with Crippen molar-refractivity contribution in [3.05, 3.63) is 18.3 Å². The van der Waals surface area contributed by atoms with E-state index in [1.54, 1.807) is 6.20 Å². The maximum absolute atomic E-state index is 9.21. The Kier molecular flexibility index (Phi) is 3.61. The van der Waals surface area contributed by atoms with Crippen molar-refractivity contribution in [2.75, 3.05) is 25.0 Å². The van der Waals surface area contributed by atoms with Crippen LogP contribution < -0.4 is 10.6 Å². The molecule has 0 unspecified atom stereocenters. The van der Waals surface area contributed by atoms with Crippen LogP contribution >= 0.6 is 0 Å². The molecule has 0 aromatic carbocycles. The molecule has 0 amide bonds. The summed E-state index contributed by atoms with van der Waals surface area (Å²) in [6.07, 6.45) is 3.94. The molecular weight excluding hydrogens is 242 g/mol. The van der Waals surface area contributed by atoms with Crippen LogP contribution in [0.1, 0.15) is 12.8 Å². The van der Waals surface area contributed by atoms with Gasteiger partial charge in [-0.25, -0.2) is 9.97 Å². The zero-order valence-electron chi connectivity index (χ0n) is 10.8. The smallest absolute Gasteiger partial charge is 0.205 e. The normalized spacial score (nSPS) is 16.9.